The normalized spacial score (nSPS) is 21.6. The zero-order chi connectivity index (χ0) is 28.9. The van der Waals surface area contributed by atoms with Crippen molar-refractivity contribution in [3.05, 3.63) is 53.6 Å². The van der Waals surface area contributed by atoms with E-state index in [9.17, 15) is 0 Å². The van der Waals surface area contributed by atoms with Gasteiger partial charge in [-0.05, 0) is 107 Å². The summed E-state index contributed by atoms with van der Waals surface area (Å²) in [6.07, 6.45) is 11.3. The molecule has 2 fully saturated rings. The van der Waals surface area contributed by atoms with Gasteiger partial charge >= 0.3 is 14.2 Å². The van der Waals surface area contributed by atoms with Crippen molar-refractivity contribution in [2.45, 2.75) is 130 Å². The van der Waals surface area contributed by atoms with E-state index in [1.165, 1.54) is 66.4 Å². The van der Waals surface area contributed by atoms with Crippen LogP contribution in [0.4, 0.5) is 0 Å². The molecular weight excluding hydrogens is 494 g/mol. The third kappa shape index (κ3) is 5.38. The van der Waals surface area contributed by atoms with Gasteiger partial charge in [0.2, 0.25) is 0 Å². The Bertz CT molecular complexity index is 1160. The van der Waals surface area contributed by atoms with Crippen LogP contribution < -0.4 is 10.9 Å². The summed E-state index contributed by atoms with van der Waals surface area (Å²) in [6, 6.07) is 13.4. The topological polar surface area (TPSA) is 36.9 Å². The van der Waals surface area contributed by atoms with Gasteiger partial charge in [0.25, 0.3) is 0 Å². The smallest absolute Gasteiger partial charge is 0.399 e. The zero-order valence-electron chi connectivity index (χ0n) is 26.3. The molecule has 2 aromatic rings. The van der Waals surface area contributed by atoms with Crippen molar-refractivity contribution in [1.29, 1.82) is 0 Å². The van der Waals surface area contributed by atoms with Gasteiger partial charge in [-0.2, -0.15) is 0 Å². The number of unbranched alkanes of at least 4 members (excludes halogenated alkanes) is 6. The molecule has 1 aliphatic carbocycles. The molecule has 0 N–H and O–H groups in total. The standard InChI is InChI=1S/C34H48B2O4/c1-10-11-12-13-14-15-16-17-26-29-22-24(35-37-31(2,3)32(4,5)38-35)18-20-27(29)28-21-19-25(23-30(26)28)36-39-33(6,7)34(8,9)40-36/h17-23H,10-16H2,1-9H3. The summed E-state index contributed by atoms with van der Waals surface area (Å²) in [7, 11) is -0.752. The van der Waals surface area contributed by atoms with Crippen molar-refractivity contribution in [3.8, 4) is 11.1 Å². The van der Waals surface area contributed by atoms with Gasteiger partial charge in [-0.1, -0.05) is 81.5 Å². The summed E-state index contributed by atoms with van der Waals surface area (Å²) in [5.74, 6) is 0. The Morgan fingerprint density at radius 3 is 1.38 bits per heavy atom. The number of benzene rings is 2. The molecule has 5 rings (SSSR count). The highest BCUT2D eigenvalue weighted by Gasteiger charge is 2.53. The van der Waals surface area contributed by atoms with Crippen LogP contribution in [0.2, 0.25) is 0 Å². The number of rotatable bonds is 9. The van der Waals surface area contributed by atoms with Gasteiger partial charge in [-0.15, -0.1) is 0 Å². The van der Waals surface area contributed by atoms with Gasteiger partial charge in [0.1, 0.15) is 0 Å². The van der Waals surface area contributed by atoms with Gasteiger partial charge in [0.05, 0.1) is 22.4 Å². The molecule has 0 saturated carbocycles. The monoisotopic (exact) mass is 542 g/mol. The zero-order valence-corrected chi connectivity index (χ0v) is 26.3. The van der Waals surface area contributed by atoms with Crippen LogP contribution in [0, 0.1) is 0 Å². The fourth-order valence-electron chi connectivity index (χ4n) is 5.83. The Hall–Kier alpha value is -1.85. The third-order valence-corrected chi connectivity index (χ3v) is 9.91. The Labute approximate surface area is 243 Å². The van der Waals surface area contributed by atoms with Gasteiger partial charge in [0, 0.05) is 0 Å². The molecule has 214 valence electrons. The number of hydrogen-bond donors (Lipinski definition) is 0. The van der Waals surface area contributed by atoms with Crippen molar-refractivity contribution in [2.75, 3.05) is 0 Å². The van der Waals surface area contributed by atoms with E-state index in [-0.39, 0.29) is 36.6 Å². The van der Waals surface area contributed by atoms with E-state index in [1.807, 2.05) is 0 Å². The van der Waals surface area contributed by atoms with E-state index < -0.39 is 0 Å². The lowest BCUT2D eigenvalue weighted by Crippen LogP contribution is -2.41. The first-order chi connectivity index (χ1) is 18.8. The van der Waals surface area contributed by atoms with E-state index in [2.05, 4.69) is 105 Å². The molecule has 0 bridgehead atoms. The minimum absolute atomic E-state index is 0.367. The third-order valence-electron chi connectivity index (χ3n) is 9.91. The molecule has 40 heavy (non-hydrogen) atoms. The van der Waals surface area contributed by atoms with Gasteiger partial charge in [-0.3, -0.25) is 0 Å². The molecule has 0 spiro atoms. The van der Waals surface area contributed by atoms with Crippen molar-refractivity contribution < 1.29 is 18.6 Å². The van der Waals surface area contributed by atoms with E-state index >= 15 is 0 Å². The second kappa shape index (κ2) is 10.8. The molecule has 0 radical (unpaired) electrons. The molecule has 0 unspecified atom stereocenters. The predicted molar refractivity (Wildman–Crippen MR) is 168 cm³/mol. The molecule has 4 nitrogen and oxygen atoms in total. The van der Waals surface area contributed by atoms with E-state index in [0.717, 1.165) is 17.3 Å². The highest BCUT2D eigenvalue weighted by molar-refractivity contribution is 6.62. The molecule has 0 amide bonds. The Morgan fingerprint density at radius 2 is 0.950 bits per heavy atom. The average Bonchev–Trinajstić information content (AvgIpc) is 3.39. The van der Waals surface area contributed by atoms with Crippen LogP contribution in [-0.2, 0) is 18.6 Å². The van der Waals surface area contributed by atoms with Crippen LogP contribution in [0.25, 0.3) is 16.7 Å². The van der Waals surface area contributed by atoms with Crippen molar-refractivity contribution in [3.63, 3.8) is 0 Å². The minimum atomic E-state index is -0.376. The predicted octanol–water partition coefficient (Wildman–Crippen LogP) is 7.45. The molecule has 0 atom stereocenters. The first-order valence-corrected chi connectivity index (χ1v) is 15.5. The fourth-order valence-corrected chi connectivity index (χ4v) is 5.83. The summed E-state index contributed by atoms with van der Waals surface area (Å²) in [5.41, 5.74) is 7.04. The van der Waals surface area contributed by atoms with Crippen molar-refractivity contribution in [2.24, 2.45) is 0 Å². The highest BCUT2D eigenvalue weighted by Crippen LogP contribution is 2.45. The maximum Gasteiger partial charge on any atom is 0.494 e. The quantitative estimate of drug-likeness (QED) is 0.208. The molecule has 2 aliphatic heterocycles. The Balaban J connectivity index is 1.46. The summed E-state index contributed by atoms with van der Waals surface area (Å²) in [6.45, 7) is 19.2. The first-order valence-electron chi connectivity index (χ1n) is 15.5. The summed E-state index contributed by atoms with van der Waals surface area (Å²) in [5, 5.41) is 0. The van der Waals surface area contributed by atoms with Crippen LogP contribution >= 0.6 is 0 Å². The highest BCUT2D eigenvalue weighted by atomic mass is 16.7. The summed E-state index contributed by atoms with van der Waals surface area (Å²) in [4.78, 5) is 0. The molecule has 2 aromatic carbocycles. The van der Waals surface area contributed by atoms with Crippen LogP contribution in [-0.4, -0.2) is 36.6 Å². The SMILES string of the molecule is CCCCCCCCC=C1c2cc(B3OC(C)(C)C(C)(C)O3)ccc2-c2ccc(B3OC(C)(C)C(C)(C)O3)cc21. The second-order valence-electron chi connectivity index (χ2n) is 14.0. The van der Waals surface area contributed by atoms with Crippen LogP contribution in [0.5, 0.6) is 0 Å². The van der Waals surface area contributed by atoms with E-state index in [4.69, 9.17) is 18.6 Å². The van der Waals surface area contributed by atoms with Crippen LogP contribution in [0.1, 0.15) is 118 Å². The van der Waals surface area contributed by atoms with E-state index in [0.29, 0.717) is 0 Å². The van der Waals surface area contributed by atoms with Crippen LogP contribution in [0.3, 0.4) is 0 Å². The van der Waals surface area contributed by atoms with Gasteiger partial charge < -0.3 is 18.6 Å². The van der Waals surface area contributed by atoms with Crippen molar-refractivity contribution >= 4 is 30.7 Å². The van der Waals surface area contributed by atoms with Gasteiger partial charge in [0.15, 0.2) is 0 Å². The Morgan fingerprint density at radius 1 is 0.550 bits per heavy atom. The largest absolute Gasteiger partial charge is 0.494 e. The maximum atomic E-state index is 6.42. The first kappa shape index (κ1) is 29.6. The molecule has 2 heterocycles. The molecular formula is C34H48B2O4. The molecule has 6 heteroatoms. The lowest BCUT2D eigenvalue weighted by Gasteiger charge is -2.32. The number of fused-ring (bicyclic) bond motifs is 3. The lowest BCUT2D eigenvalue weighted by atomic mass is 9.77. The maximum absolute atomic E-state index is 6.42. The van der Waals surface area contributed by atoms with E-state index in [1.54, 1.807) is 0 Å². The number of hydrogen-bond acceptors (Lipinski definition) is 4. The lowest BCUT2D eigenvalue weighted by molar-refractivity contribution is 0.00578. The molecule has 3 aliphatic rings. The Kier molecular flexibility index (Phi) is 7.98. The number of allylic oxidation sites excluding steroid dienone is 1. The molecule has 0 aromatic heterocycles. The van der Waals surface area contributed by atoms with Crippen molar-refractivity contribution in [1.82, 2.24) is 0 Å². The summed E-state index contributed by atoms with van der Waals surface area (Å²) >= 11 is 0. The second-order valence-corrected chi connectivity index (χ2v) is 14.0. The molecule has 2 saturated heterocycles. The minimum Gasteiger partial charge on any atom is -0.399 e. The summed E-state index contributed by atoms with van der Waals surface area (Å²) < 4.78 is 25.7. The average molecular weight is 542 g/mol. The van der Waals surface area contributed by atoms with Crippen LogP contribution in [0.15, 0.2) is 42.5 Å². The van der Waals surface area contributed by atoms with Gasteiger partial charge in [-0.25, -0.2) is 0 Å². The fraction of sp³-hybridized carbons (Fsp3) is 0.588.